The molecule has 1 rings (SSSR count). The molecule has 0 aliphatic heterocycles. The van der Waals surface area contributed by atoms with E-state index in [1.165, 1.54) is 18.2 Å². The first-order valence-corrected chi connectivity index (χ1v) is 6.23. The molecule has 0 aliphatic carbocycles. The molecular weight excluding hydrogens is 228 g/mol. The Bertz CT molecular complexity index is 422. The maximum Gasteiger partial charge on any atom is 0.305 e. The number of hydrogen-bond donors (Lipinski definition) is 0. The molecule has 0 fully saturated rings. The lowest BCUT2D eigenvalue weighted by molar-refractivity contribution is -0.140. The summed E-state index contributed by atoms with van der Waals surface area (Å²) in [7, 11) is 3.11. The largest absolute Gasteiger partial charge is 0.496 e. The molecule has 0 aliphatic rings. The number of esters is 1. The third-order valence-electron chi connectivity index (χ3n) is 3.14. The Morgan fingerprint density at radius 3 is 2.44 bits per heavy atom. The van der Waals surface area contributed by atoms with Gasteiger partial charge >= 0.3 is 5.97 Å². The molecule has 0 heterocycles. The Balaban J connectivity index is 2.98. The monoisotopic (exact) mass is 250 g/mol. The highest BCUT2D eigenvalue weighted by Gasteiger charge is 2.12. The normalized spacial score (nSPS) is 10.6. The summed E-state index contributed by atoms with van der Waals surface area (Å²) in [5.41, 5.74) is 3.52. The molecule has 0 radical (unpaired) electrons. The van der Waals surface area contributed by atoms with Crippen LogP contribution in [0.15, 0.2) is 12.1 Å². The van der Waals surface area contributed by atoms with Gasteiger partial charge in [-0.1, -0.05) is 19.9 Å². The van der Waals surface area contributed by atoms with Crippen LogP contribution in [0.4, 0.5) is 0 Å². The van der Waals surface area contributed by atoms with Gasteiger partial charge in [0.1, 0.15) is 5.75 Å². The van der Waals surface area contributed by atoms with Gasteiger partial charge in [-0.2, -0.15) is 0 Å². The zero-order valence-corrected chi connectivity index (χ0v) is 11.9. The van der Waals surface area contributed by atoms with E-state index in [0.29, 0.717) is 18.8 Å². The summed E-state index contributed by atoms with van der Waals surface area (Å²) in [6, 6.07) is 4.18. The second-order valence-electron chi connectivity index (χ2n) is 4.75. The standard InChI is InChI=1S/C15H22O3/c1-10(2)13-9-12(6-7-15(16)18-5)11(3)8-14(13)17-4/h8-10H,6-7H2,1-5H3. The van der Waals surface area contributed by atoms with Crippen molar-refractivity contribution in [3.8, 4) is 5.75 Å². The minimum absolute atomic E-state index is 0.170. The number of ether oxygens (including phenoxy) is 2. The summed E-state index contributed by atoms with van der Waals surface area (Å²) < 4.78 is 10.1. The van der Waals surface area contributed by atoms with E-state index in [2.05, 4.69) is 24.7 Å². The van der Waals surface area contributed by atoms with Gasteiger partial charge in [0, 0.05) is 6.42 Å². The molecule has 0 N–H and O–H groups in total. The SMILES string of the molecule is COC(=O)CCc1cc(C(C)C)c(OC)cc1C. The quantitative estimate of drug-likeness (QED) is 0.753. The van der Waals surface area contributed by atoms with Crippen LogP contribution in [0, 0.1) is 6.92 Å². The van der Waals surface area contributed by atoms with Gasteiger partial charge in [0.15, 0.2) is 0 Å². The van der Waals surface area contributed by atoms with Crippen LogP contribution in [-0.2, 0) is 16.0 Å². The maximum absolute atomic E-state index is 11.2. The van der Waals surface area contributed by atoms with E-state index < -0.39 is 0 Å². The fraction of sp³-hybridized carbons (Fsp3) is 0.533. The van der Waals surface area contributed by atoms with E-state index in [0.717, 1.165) is 11.3 Å². The molecule has 0 saturated heterocycles. The average Bonchev–Trinajstić information content (AvgIpc) is 2.35. The lowest BCUT2D eigenvalue weighted by atomic mass is 9.94. The predicted molar refractivity (Wildman–Crippen MR) is 72.2 cm³/mol. The van der Waals surface area contributed by atoms with Crippen molar-refractivity contribution in [3.63, 3.8) is 0 Å². The number of rotatable bonds is 5. The first-order valence-electron chi connectivity index (χ1n) is 6.23. The number of benzene rings is 1. The molecule has 3 nitrogen and oxygen atoms in total. The van der Waals surface area contributed by atoms with Crippen molar-refractivity contribution in [1.29, 1.82) is 0 Å². The molecule has 1 aromatic carbocycles. The van der Waals surface area contributed by atoms with Crippen LogP contribution in [0.25, 0.3) is 0 Å². The Labute approximate surface area is 109 Å². The van der Waals surface area contributed by atoms with Crippen LogP contribution in [-0.4, -0.2) is 20.2 Å². The fourth-order valence-electron chi connectivity index (χ4n) is 1.98. The zero-order valence-electron chi connectivity index (χ0n) is 11.9. The van der Waals surface area contributed by atoms with Crippen molar-refractivity contribution in [2.24, 2.45) is 0 Å². The number of methoxy groups -OCH3 is 2. The number of carbonyl (C=O) groups excluding carboxylic acids is 1. The molecule has 0 spiro atoms. The van der Waals surface area contributed by atoms with Gasteiger partial charge in [-0.25, -0.2) is 0 Å². The van der Waals surface area contributed by atoms with E-state index >= 15 is 0 Å². The summed E-state index contributed by atoms with van der Waals surface area (Å²) in [4.78, 5) is 11.2. The van der Waals surface area contributed by atoms with Crippen molar-refractivity contribution < 1.29 is 14.3 Å². The highest BCUT2D eigenvalue weighted by atomic mass is 16.5. The smallest absolute Gasteiger partial charge is 0.305 e. The Morgan fingerprint density at radius 1 is 1.28 bits per heavy atom. The summed E-state index contributed by atoms with van der Waals surface area (Å²) in [6.07, 6.45) is 1.13. The highest BCUT2D eigenvalue weighted by Crippen LogP contribution is 2.30. The van der Waals surface area contributed by atoms with E-state index in [4.69, 9.17) is 4.74 Å². The van der Waals surface area contributed by atoms with Crippen molar-refractivity contribution in [2.75, 3.05) is 14.2 Å². The average molecular weight is 250 g/mol. The minimum Gasteiger partial charge on any atom is -0.496 e. The van der Waals surface area contributed by atoms with E-state index in [1.54, 1.807) is 7.11 Å². The number of carbonyl (C=O) groups is 1. The molecule has 0 aromatic heterocycles. The van der Waals surface area contributed by atoms with E-state index in [9.17, 15) is 4.79 Å². The highest BCUT2D eigenvalue weighted by molar-refractivity contribution is 5.69. The Kier molecular flexibility index (Phi) is 5.20. The molecule has 100 valence electrons. The molecule has 0 amide bonds. The molecule has 0 atom stereocenters. The van der Waals surface area contributed by atoms with Gasteiger partial charge in [0.25, 0.3) is 0 Å². The molecule has 3 heteroatoms. The van der Waals surface area contributed by atoms with Gasteiger partial charge in [0.2, 0.25) is 0 Å². The summed E-state index contributed by atoms with van der Waals surface area (Å²) >= 11 is 0. The molecule has 0 saturated carbocycles. The summed E-state index contributed by atoms with van der Waals surface area (Å²) in [5, 5.41) is 0. The van der Waals surface area contributed by atoms with Gasteiger partial charge in [-0.05, 0) is 42.0 Å². The van der Waals surface area contributed by atoms with Crippen LogP contribution in [0.1, 0.15) is 42.9 Å². The number of hydrogen-bond acceptors (Lipinski definition) is 3. The lowest BCUT2D eigenvalue weighted by Crippen LogP contribution is -2.04. The van der Waals surface area contributed by atoms with Crippen molar-refractivity contribution in [2.45, 2.75) is 39.5 Å². The topological polar surface area (TPSA) is 35.5 Å². The Morgan fingerprint density at radius 2 is 1.94 bits per heavy atom. The number of aryl methyl sites for hydroxylation is 2. The second kappa shape index (κ2) is 6.43. The van der Waals surface area contributed by atoms with E-state index in [1.807, 2.05) is 13.0 Å². The van der Waals surface area contributed by atoms with Crippen LogP contribution >= 0.6 is 0 Å². The minimum atomic E-state index is -0.170. The summed E-state index contributed by atoms with van der Waals surface area (Å²) in [6.45, 7) is 6.31. The third kappa shape index (κ3) is 3.49. The van der Waals surface area contributed by atoms with Gasteiger partial charge < -0.3 is 9.47 Å². The molecule has 0 unspecified atom stereocenters. The first-order chi connectivity index (χ1) is 8.49. The summed E-state index contributed by atoms with van der Waals surface area (Å²) in [5.74, 6) is 1.15. The van der Waals surface area contributed by atoms with Crippen LogP contribution in [0.3, 0.4) is 0 Å². The van der Waals surface area contributed by atoms with Crippen molar-refractivity contribution >= 4 is 5.97 Å². The second-order valence-corrected chi connectivity index (χ2v) is 4.75. The van der Waals surface area contributed by atoms with Gasteiger partial charge in [0.05, 0.1) is 14.2 Å². The predicted octanol–water partition coefficient (Wildman–Crippen LogP) is 3.23. The van der Waals surface area contributed by atoms with Gasteiger partial charge in [-0.3, -0.25) is 4.79 Å². The fourth-order valence-corrected chi connectivity index (χ4v) is 1.98. The maximum atomic E-state index is 11.2. The van der Waals surface area contributed by atoms with Crippen molar-refractivity contribution in [3.05, 3.63) is 28.8 Å². The van der Waals surface area contributed by atoms with Crippen LogP contribution < -0.4 is 4.74 Å². The molecular formula is C15H22O3. The van der Waals surface area contributed by atoms with Crippen molar-refractivity contribution in [1.82, 2.24) is 0 Å². The first kappa shape index (κ1) is 14.6. The Hall–Kier alpha value is -1.51. The third-order valence-corrected chi connectivity index (χ3v) is 3.14. The molecule has 1 aromatic rings. The van der Waals surface area contributed by atoms with Gasteiger partial charge in [-0.15, -0.1) is 0 Å². The molecule has 0 bridgehead atoms. The van der Waals surface area contributed by atoms with Crippen LogP contribution in [0.5, 0.6) is 5.75 Å². The molecule has 18 heavy (non-hydrogen) atoms. The van der Waals surface area contributed by atoms with E-state index in [-0.39, 0.29) is 5.97 Å². The van der Waals surface area contributed by atoms with Crippen LogP contribution in [0.2, 0.25) is 0 Å². The lowest BCUT2D eigenvalue weighted by Gasteiger charge is -2.16. The zero-order chi connectivity index (χ0) is 13.7.